The maximum atomic E-state index is 13.6. The summed E-state index contributed by atoms with van der Waals surface area (Å²) in [6.45, 7) is 8.14. The molecular formula is C25H35N3O5S. The molecule has 0 heterocycles. The summed E-state index contributed by atoms with van der Waals surface area (Å²) in [5.74, 6) is -0.119. The molecule has 0 aliphatic carbocycles. The van der Waals surface area contributed by atoms with Crippen LogP contribution in [0, 0.1) is 6.92 Å². The molecule has 0 aliphatic heterocycles. The van der Waals surface area contributed by atoms with Gasteiger partial charge in [0.2, 0.25) is 21.8 Å². The summed E-state index contributed by atoms with van der Waals surface area (Å²) in [5, 5.41) is 2.78. The molecule has 0 aliphatic rings. The Morgan fingerprint density at radius 3 is 2.26 bits per heavy atom. The second kappa shape index (κ2) is 12.4. The van der Waals surface area contributed by atoms with E-state index in [1.807, 2.05) is 52.0 Å². The summed E-state index contributed by atoms with van der Waals surface area (Å²) >= 11 is 0. The molecule has 9 heteroatoms. The molecule has 2 aromatic rings. The Balaban J connectivity index is 2.40. The largest absolute Gasteiger partial charge is 0.494 e. The highest BCUT2D eigenvalue weighted by Gasteiger charge is 2.31. The smallest absolute Gasteiger partial charge is 0.244 e. The first-order chi connectivity index (χ1) is 16.1. The van der Waals surface area contributed by atoms with E-state index in [-0.39, 0.29) is 12.5 Å². The van der Waals surface area contributed by atoms with Crippen molar-refractivity contribution in [1.29, 1.82) is 0 Å². The lowest BCUT2D eigenvalue weighted by Gasteiger charge is -2.32. The van der Waals surface area contributed by atoms with Crippen LogP contribution in [0.3, 0.4) is 0 Å². The van der Waals surface area contributed by atoms with Gasteiger partial charge in [-0.15, -0.1) is 0 Å². The van der Waals surface area contributed by atoms with Gasteiger partial charge >= 0.3 is 0 Å². The molecule has 0 spiro atoms. The number of benzene rings is 2. The average Bonchev–Trinajstić information content (AvgIpc) is 2.77. The highest BCUT2D eigenvalue weighted by atomic mass is 32.2. The van der Waals surface area contributed by atoms with Gasteiger partial charge in [0.25, 0.3) is 0 Å². The van der Waals surface area contributed by atoms with E-state index < -0.39 is 28.5 Å². The van der Waals surface area contributed by atoms with Crippen molar-refractivity contribution in [2.45, 2.75) is 46.7 Å². The molecule has 0 saturated carbocycles. The molecular weight excluding hydrogens is 454 g/mol. The normalized spacial score (nSPS) is 12.0. The Bertz CT molecular complexity index is 1070. The highest BCUT2D eigenvalue weighted by molar-refractivity contribution is 7.92. The van der Waals surface area contributed by atoms with Gasteiger partial charge < -0.3 is 15.0 Å². The molecule has 2 rings (SSSR count). The van der Waals surface area contributed by atoms with E-state index in [1.165, 1.54) is 4.90 Å². The molecule has 34 heavy (non-hydrogen) atoms. The zero-order chi connectivity index (χ0) is 25.3. The van der Waals surface area contributed by atoms with Gasteiger partial charge in [-0.1, -0.05) is 36.8 Å². The van der Waals surface area contributed by atoms with Crippen molar-refractivity contribution < 1.29 is 22.7 Å². The maximum Gasteiger partial charge on any atom is 0.244 e. The van der Waals surface area contributed by atoms with Crippen molar-refractivity contribution in [1.82, 2.24) is 10.2 Å². The minimum Gasteiger partial charge on any atom is -0.494 e. The first-order valence-electron chi connectivity index (χ1n) is 11.4. The molecule has 0 unspecified atom stereocenters. The first-order valence-corrected chi connectivity index (χ1v) is 13.3. The molecule has 2 aromatic carbocycles. The molecule has 186 valence electrons. The number of amides is 2. The second-order valence-corrected chi connectivity index (χ2v) is 9.93. The van der Waals surface area contributed by atoms with Gasteiger partial charge in [-0.2, -0.15) is 0 Å². The second-order valence-electron chi connectivity index (χ2n) is 8.03. The molecule has 1 atom stereocenters. The maximum absolute atomic E-state index is 13.6. The molecule has 0 fully saturated rings. The van der Waals surface area contributed by atoms with Crippen molar-refractivity contribution in [3.63, 3.8) is 0 Å². The summed E-state index contributed by atoms with van der Waals surface area (Å²) in [4.78, 5) is 27.8. The van der Waals surface area contributed by atoms with Crippen molar-refractivity contribution in [2.75, 3.05) is 30.3 Å². The molecule has 0 radical (unpaired) electrons. The van der Waals surface area contributed by atoms with E-state index in [0.717, 1.165) is 21.7 Å². The number of carbonyl (C=O) groups excluding carboxylic acids is 2. The van der Waals surface area contributed by atoms with E-state index in [1.54, 1.807) is 24.3 Å². The Labute approximate surface area is 202 Å². The van der Waals surface area contributed by atoms with Crippen molar-refractivity contribution >= 4 is 27.5 Å². The predicted octanol–water partition coefficient (Wildman–Crippen LogP) is 3.10. The number of carbonyl (C=O) groups is 2. The van der Waals surface area contributed by atoms with E-state index in [2.05, 4.69) is 5.32 Å². The third-order valence-electron chi connectivity index (χ3n) is 5.29. The summed E-state index contributed by atoms with van der Waals surface area (Å²) in [7, 11) is -3.77. The fourth-order valence-electron chi connectivity index (χ4n) is 3.71. The molecule has 0 saturated heterocycles. The SMILES string of the molecule is CCNC(=O)[C@@H](CC)N(Cc1cccc(C)c1)C(=O)CN(c1ccc(OCC)cc1)S(C)(=O)=O. The number of sulfonamides is 1. The standard InChI is InChI=1S/C25H35N3O5S/c1-6-23(25(30)26-7-2)27(17-20-11-9-10-19(4)16-20)24(29)18-28(34(5,31)32)21-12-14-22(15-13-21)33-8-3/h9-16,23H,6-8,17-18H2,1-5H3,(H,26,30)/t23-/m1/s1. The lowest BCUT2D eigenvalue weighted by molar-refractivity contribution is -0.140. The first kappa shape index (κ1) is 27.2. The number of likely N-dealkylation sites (N-methyl/N-ethyl adjacent to an activating group) is 1. The van der Waals surface area contributed by atoms with E-state index in [9.17, 15) is 18.0 Å². The molecule has 0 aromatic heterocycles. The number of ether oxygens (including phenoxy) is 1. The summed E-state index contributed by atoms with van der Waals surface area (Å²) in [5.41, 5.74) is 2.24. The van der Waals surface area contributed by atoms with E-state index in [0.29, 0.717) is 31.0 Å². The monoisotopic (exact) mass is 489 g/mol. The Morgan fingerprint density at radius 2 is 1.74 bits per heavy atom. The highest BCUT2D eigenvalue weighted by Crippen LogP contribution is 2.23. The lowest BCUT2D eigenvalue weighted by atomic mass is 10.1. The van der Waals surface area contributed by atoms with Gasteiger partial charge in [-0.3, -0.25) is 13.9 Å². The van der Waals surface area contributed by atoms with Crippen LogP contribution in [0.1, 0.15) is 38.3 Å². The van der Waals surface area contributed by atoms with Gasteiger partial charge in [-0.05, 0) is 57.0 Å². The quantitative estimate of drug-likeness (QED) is 0.494. The average molecular weight is 490 g/mol. The minimum absolute atomic E-state index is 0.192. The summed E-state index contributed by atoms with van der Waals surface area (Å²) in [6.07, 6.45) is 1.45. The van der Waals surface area contributed by atoms with Gasteiger partial charge in [0, 0.05) is 13.1 Å². The predicted molar refractivity (Wildman–Crippen MR) is 134 cm³/mol. The van der Waals surface area contributed by atoms with E-state index in [4.69, 9.17) is 4.74 Å². The third-order valence-corrected chi connectivity index (χ3v) is 6.43. The van der Waals surface area contributed by atoms with Crippen molar-refractivity contribution in [3.05, 3.63) is 59.7 Å². The third kappa shape index (κ3) is 7.48. The summed E-state index contributed by atoms with van der Waals surface area (Å²) in [6, 6.07) is 13.5. The topological polar surface area (TPSA) is 96.0 Å². The number of hydrogen-bond acceptors (Lipinski definition) is 5. The number of hydrogen-bond donors (Lipinski definition) is 1. The van der Waals surface area contributed by atoms with Gasteiger partial charge in [0.15, 0.2) is 0 Å². The van der Waals surface area contributed by atoms with Crippen LogP contribution in [0.15, 0.2) is 48.5 Å². The number of aryl methyl sites for hydroxylation is 1. The lowest BCUT2D eigenvalue weighted by Crippen LogP contribution is -2.52. The van der Waals surface area contributed by atoms with Crippen LogP contribution in [-0.2, 0) is 26.2 Å². The van der Waals surface area contributed by atoms with Crippen LogP contribution in [0.5, 0.6) is 5.75 Å². The van der Waals surface area contributed by atoms with E-state index >= 15 is 0 Å². The van der Waals surface area contributed by atoms with Crippen LogP contribution in [0.4, 0.5) is 5.69 Å². The fourth-order valence-corrected chi connectivity index (χ4v) is 4.56. The van der Waals surface area contributed by atoms with Gasteiger partial charge in [0.05, 0.1) is 18.6 Å². The Morgan fingerprint density at radius 1 is 1.06 bits per heavy atom. The van der Waals surface area contributed by atoms with Crippen LogP contribution < -0.4 is 14.4 Å². The number of rotatable bonds is 12. The van der Waals surface area contributed by atoms with Crippen LogP contribution in [0.25, 0.3) is 0 Å². The Hall–Kier alpha value is -3.07. The molecule has 1 N–H and O–H groups in total. The number of nitrogens with one attached hydrogen (secondary N) is 1. The van der Waals surface area contributed by atoms with Crippen LogP contribution in [-0.4, -0.2) is 57.1 Å². The Kier molecular flexibility index (Phi) is 9.92. The minimum atomic E-state index is -3.77. The zero-order valence-corrected chi connectivity index (χ0v) is 21.4. The van der Waals surface area contributed by atoms with Crippen molar-refractivity contribution in [2.24, 2.45) is 0 Å². The zero-order valence-electron chi connectivity index (χ0n) is 20.6. The van der Waals surface area contributed by atoms with Crippen LogP contribution in [0.2, 0.25) is 0 Å². The molecule has 0 bridgehead atoms. The fraction of sp³-hybridized carbons (Fsp3) is 0.440. The van der Waals surface area contributed by atoms with Gasteiger partial charge in [0.1, 0.15) is 18.3 Å². The summed E-state index contributed by atoms with van der Waals surface area (Å²) < 4.78 is 31.7. The van der Waals surface area contributed by atoms with Gasteiger partial charge in [-0.25, -0.2) is 8.42 Å². The molecule has 8 nitrogen and oxygen atoms in total. The van der Waals surface area contributed by atoms with Crippen LogP contribution >= 0.6 is 0 Å². The number of nitrogens with zero attached hydrogens (tertiary/aromatic N) is 2. The number of anilines is 1. The van der Waals surface area contributed by atoms with Crippen molar-refractivity contribution in [3.8, 4) is 5.75 Å². The molecule has 2 amide bonds.